The number of carbonyl (C=O) groups is 3. The van der Waals surface area contributed by atoms with Crippen molar-refractivity contribution in [2.75, 3.05) is 33.0 Å². The largest absolute Gasteiger partial charge is 0.463 e. The van der Waals surface area contributed by atoms with Gasteiger partial charge in [-0.3, -0.25) is 14.4 Å². The van der Waals surface area contributed by atoms with Crippen LogP contribution in [0.4, 0.5) is 0 Å². The maximum absolute atomic E-state index is 13.1. The first-order valence-electron chi connectivity index (χ1n) is 13.1. The molecule has 8 nitrogen and oxygen atoms in total. The lowest BCUT2D eigenvalue weighted by molar-refractivity contribution is -0.145. The SMILES string of the molecule is C=CCCCCC(=O)OCC(CC1CCCCC1)NC(=O)C(CC=C)CC(=O)NCCOCCO. The molecule has 0 saturated heterocycles. The monoisotopic (exact) mass is 494 g/mol. The zero-order valence-electron chi connectivity index (χ0n) is 21.3. The van der Waals surface area contributed by atoms with E-state index in [0.29, 0.717) is 31.9 Å². The highest BCUT2D eigenvalue weighted by Gasteiger charge is 2.26. The second kappa shape index (κ2) is 20.0. The smallest absolute Gasteiger partial charge is 0.305 e. The number of amides is 2. The van der Waals surface area contributed by atoms with Gasteiger partial charge in [-0.25, -0.2) is 0 Å². The van der Waals surface area contributed by atoms with Crippen LogP contribution in [0.15, 0.2) is 25.3 Å². The van der Waals surface area contributed by atoms with Crippen LogP contribution >= 0.6 is 0 Å². The molecule has 0 heterocycles. The highest BCUT2D eigenvalue weighted by Crippen LogP contribution is 2.27. The van der Waals surface area contributed by atoms with Crippen molar-refractivity contribution in [3.63, 3.8) is 0 Å². The van der Waals surface area contributed by atoms with Crippen LogP contribution in [-0.2, 0) is 23.9 Å². The van der Waals surface area contributed by atoms with Crippen LogP contribution in [0, 0.1) is 11.8 Å². The van der Waals surface area contributed by atoms with Crippen molar-refractivity contribution in [2.24, 2.45) is 11.8 Å². The van der Waals surface area contributed by atoms with Crippen molar-refractivity contribution in [2.45, 2.75) is 83.1 Å². The lowest BCUT2D eigenvalue weighted by Gasteiger charge is -2.28. The Morgan fingerprint density at radius 3 is 2.51 bits per heavy atom. The van der Waals surface area contributed by atoms with Crippen LogP contribution in [0.1, 0.15) is 77.0 Å². The summed E-state index contributed by atoms with van der Waals surface area (Å²) in [4.78, 5) is 37.6. The molecule has 0 bridgehead atoms. The second-order valence-corrected chi connectivity index (χ2v) is 9.27. The lowest BCUT2D eigenvalue weighted by Crippen LogP contribution is -2.44. The molecule has 1 fully saturated rings. The molecule has 1 rings (SSSR count). The Labute approximate surface area is 210 Å². The lowest BCUT2D eigenvalue weighted by atomic mass is 9.84. The number of allylic oxidation sites excluding steroid dienone is 2. The number of unbranched alkanes of at least 4 members (excludes halogenated alkanes) is 2. The summed E-state index contributed by atoms with van der Waals surface area (Å²) in [5, 5.41) is 14.5. The molecular formula is C27H46N2O6. The number of hydrogen-bond donors (Lipinski definition) is 3. The number of esters is 1. The van der Waals surface area contributed by atoms with Crippen molar-refractivity contribution in [3.8, 4) is 0 Å². The maximum atomic E-state index is 13.1. The fourth-order valence-electron chi connectivity index (χ4n) is 4.35. The van der Waals surface area contributed by atoms with E-state index >= 15 is 0 Å². The molecule has 1 aliphatic carbocycles. The van der Waals surface area contributed by atoms with Gasteiger partial charge in [-0.05, 0) is 38.0 Å². The Bertz CT molecular complexity index is 633. The third kappa shape index (κ3) is 15.4. The zero-order valence-corrected chi connectivity index (χ0v) is 21.3. The van der Waals surface area contributed by atoms with Crippen LogP contribution < -0.4 is 10.6 Å². The standard InChI is InChI=1S/C27H46N2O6/c1-3-5-6-10-14-26(32)35-21-24(19-22-12-8-7-9-13-22)29-27(33)23(11-4-2)20-25(31)28-15-17-34-18-16-30/h3-4,22-24,30H,1-2,5-21H2,(H,28,31)(H,29,33). The average molecular weight is 495 g/mol. The molecule has 200 valence electrons. The molecule has 0 aromatic rings. The molecule has 0 spiro atoms. The topological polar surface area (TPSA) is 114 Å². The molecule has 3 N–H and O–H groups in total. The Hall–Kier alpha value is -2.19. The third-order valence-electron chi connectivity index (χ3n) is 6.23. The number of rotatable bonds is 20. The molecule has 1 aliphatic rings. The fourth-order valence-corrected chi connectivity index (χ4v) is 4.35. The van der Waals surface area contributed by atoms with Gasteiger partial charge in [0.25, 0.3) is 0 Å². The van der Waals surface area contributed by atoms with Gasteiger partial charge in [-0.1, -0.05) is 44.3 Å². The molecule has 0 aromatic carbocycles. The molecule has 1 saturated carbocycles. The van der Waals surface area contributed by atoms with E-state index in [-0.39, 0.29) is 50.1 Å². The highest BCUT2D eigenvalue weighted by molar-refractivity contribution is 5.86. The molecule has 0 aromatic heterocycles. The first kappa shape index (κ1) is 30.8. The van der Waals surface area contributed by atoms with Gasteiger partial charge in [0.15, 0.2) is 0 Å². The predicted molar refractivity (Wildman–Crippen MR) is 137 cm³/mol. The van der Waals surface area contributed by atoms with E-state index in [1.165, 1.54) is 19.3 Å². The van der Waals surface area contributed by atoms with Crippen molar-refractivity contribution >= 4 is 17.8 Å². The predicted octanol–water partition coefficient (Wildman–Crippen LogP) is 3.44. The molecule has 8 heteroatoms. The van der Waals surface area contributed by atoms with Gasteiger partial charge in [0.05, 0.1) is 31.8 Å². The zero-order chi connectivity index (χ0) is 25.7. The van der Waals surface area contributed by atoms with Gasteiger partial charge < -0.3 is 25.2 Å². The van der Waals surface area contributed by atoms with Gasteiger partial charge >= 0.3 is 5.97 Å². The average Bonchev–Trinajstić information content (AvgIpc) is 2.85. The number of ether oxygens (including phenoxy) is 2. The summed E-state index contributed by atoms with van der Waals surface area (Å²) in [6.45, 7) is 8.34. The summed E-state index contributed by atoms with van der Waals surface area (Å²) in [6.07, 6.45) is 13.4. The normalized spacial score (nSPS) is 15.6. The Kier molecular flexibility index (Phi) is 17.7. The maximum Gasteiger partial charge on any atom is 0.305 e. The van der Waals surface area contributed by atoms with E-state index in [1.54, 1.807) is 6.08 Å². The highest BCUT2D eigenvalue weighted by atomic mass is 16.5. The summed E-state index contributed by atoms with van der Waals surface area (Å²) in [5.41, 5.74) is 0. The molecule has 2 atom stereocenters. The van der Waals surface area contributed by atoms with Gasteiger partial charge in [0, 0.05) is 19.4 Å². The summed E-state index contributed by atoms with van der Waals surface area (Å²) in [5.74, 6) is -0.758. The minimum Gasteiger partial charge on any atom is -0.463 e. The Morgan fingerprint density at radius 2 is 1.83 bits per heavy atom. The van der Waals surface area contributed by atoms with Crippen molar-refractivity contribution in [3.05, 3.63) is 25.3 Å². The van der Waals surface area contributed by atoms with E-state index in [0.717, 1.165) is 38.5 Å². The molecule has 0 radical (unpaired) electrons. The molecule has 2 unspecified atom stereocenters. The van der Waals surface area contributed by atoms with Crippen LogP contribution in [0.25, 0.3) is 0 Å². The Balaban J connectivity index is 2.62. The first-order chi connectivity index (χ1) is 17.0. The van der Waals surface area contributed by atoms with Gasteiger partial charge in [-0.15, -0.1) is 13.2 Å². The molecule has 35 heavy (non-hydrogen) atoms. The van der Waals surface area contributed by atoms with Gasteiger partial charge in [-0.2, -0.15) is 0 Å². The van der Waals surface area contributed by atoms with Crippen LogP contribution in [0.2, 0.25) is 0 Å². The second-order valence-electron chi connectivity index (χ2n) is 9.27. The van der Waals surface area contributed by atoms with Gasteiger partial charge in [0.2, 0.25) is 11.8 Å². The molecule has 0 aliphatic heterocycles. The van der Waals surface area contributed by atoms with Crippen LogP contribution in [-0.4, -0.2) is 61.9 Å². The summed E-state index contributed by atoms with van der Waals surface area (Å²) in [6, 6.07) is -0.273. The minimum absolute atomic E-state index is 0.0388. The number of hydrogen-bond acceptors (Lipinski definition) is 6. The number of nitrogens with one attached hydrogen (secondary N) is 2. The summed E-state index contributed by atoms with van der Waals surface area (Å²) >= 11 is 0. The first-order valence-corrected chi connectivity index (χ1v) is 13.1. The Morgan fingerprint density at radius 1 is 1.06 bits per heavy atom. The van der Waals surface area contributed by atoms with E-state index in [9.17, 15) is 14.4 Å². The summed E-state index contributed by atoms with van der Waals surface area (Å²) in [7, 11) is 0. The fraction of sp³-hybridized carbons (Fsp3) is 0.741. The third-order valence-corrected chi connectivity index (χ3v) is 6.23. The van der Waals surface area contributed by atoms with E-state index in [1.807, 2.05) is 6.08 Å². The number of carbonyl (C=O) groups excluding carboxylic acids is 3. The van der Waals surface area contributed by atoms with E-state index in [4.69, 9.17) is 14.6 Å². The van der Waals surface area contributed by atoms with Gasteiger partial charge in [0.1, 0.15) is 6.61 Å². The number of aliphatic hydroxyl groups is 1. The molecular weight excluding hydrogens is 448 g/mol. The van der Waals surface area contributed by atoms with Crippen molar-refractivity contribution in [1.82, 2.24) is 10.6 Å². The quantitative estimate of drug-likeness (QED) is 0.136. The van der Waals surface area contributed by atoms with Crippen molar-refractivity contribution in [1.29, 1.82) is 0 Å². The van der Waals surface area contributed by atoms with E-state index in [2.05, 4.69) is 23.8 Å². The minimum atomic E-state index is -0.547. The van der Waals surface area contributed by atoms with Crippen LogP contribution in [0.3, 0.4) is 0 Å². The van der Waals surface area contributed by atoms with E-state index < -0.39 is 5.92 Å². The number of aliphatic hydroxyl groups excluding tert-OH is 1. The molecule has 2 amide bonds. The van der Waals surface area contributed by atoms with Crippen molar-refractivity contribution < 1.29 is 29.0 Å². The van der Waals surface area contributed by atoms with Crippen LogP contribution in [0.5, 0.6) is 0 Å². The summed E-state index contributed by atoms with van der Waals surface area (Å²) < 4.78 is 10.7.